The quantitative estimate of drug-likeness (QED) is 0.870. The fraction of sp³-hybridized carbons (Fsp3) is 0.643. The summed E-state index contributed by atoms with van der Waals surface area (Å²) in [6.07, 6.45) is 7.40. The maximum Gasteiger partial charge on any atom is 0.0571 e. The largest absolute Gasteiger partial charge is 0.370 e. The molecule has 0 bridgehead atoms. The molecular formula is C14H23N3. The topological polar surface area (TPSA) is 28.2 Å². The van der Waals surface area contributed by atoms with Crippen LogP contribution in [0, 0.1) is 0 Å². The fourth-order valence-electron chi connectivity index (χ4n) is 2.32. The van der Waals surface area contributed by atoms with Crippen molar-refractivity contribution in [1.29, 1.82) is 0 Å². The van der Waals surface area contributed by atoms with Crippen LogP contribution in [0.2, 0.25) is 0 Å². The van der Waals surface area contributed by atoms with Crippen LogP contribution >= 0.6 is 0 Å². The smallest absolute Gasteiger partial charge is 0.0571 e. The Labute approximate surface area is 104 Å². The summed E-state index contributed by atoms with van der Waals surface area (Å²) in [5.41, 5.74) is 2.39. The van der Waals surface area contributed by atoms with Gasteiger partial charge in [0.1, 0.15) is 0 Å². The zero-order chi connectivity index (χ0) is 12.1. The lowest BCUT2D eigenvalue weighted by Crippen LogP contribution is -2.24. The van der Waals surface area contributed by atoms with E-state index in [4.69, 9.17) is 0 Å². The van der Waals surface area contributed by atoms with Crippen LogP contribution in [0.4, 0.5) is 5.69 Å². The summed E-state index contributed by atoms with van der Waals surface area (Å²) >= 11 is 0. The second kappa shape index (κ2) is 6.01. The first-order valence-electron chi connectivity index (χ1n) is 6.69. The van der Waals surface area contributed by atoms with Gasteiger partial charge in [0.25, 0.3) is 0 Å². The van der Waals surface area contributed by atoms with E-state index >= 15 is 0 Å². The van der Waals surface area contributed by atoms with Crippen LogP contribution in [0.15, 0.2) is 18.3 Å². The molecule has 0 aliphatic carbocycles. The van der Waals surface area contributed by atoms with E-state index in [1.165, 1.54) is 44.5 Å². The van der Waals surface area contributed by atoms with Crippen molar-refractivity contribution in [3.05, 3.63) is 24.0 Å². The van der Waals surface area contributed by atoms with Crippen molar-refractivity contribution in [2.24, 2.45) is 0 Å². The Hall–Kier alpha value is -1.09. The zero-order valence-electron chi connectivity index (χ0n) is 10.9. The summed E-state index contributed by atoms with van der Waals surface area (Å²) < 4.78 is 0. The number of aromatic nitrogens is 1. The average Bonchev–Trinajstić information content (AvgIpc) is 2.67. The summed E-state index contributed by atoms with van der Waals surface area (Å²) in [6.45, 7) is 4.50. The maximum atomic E-state index is 4.55. The van der Waals surface area contributed by atoms with Gasteiger partial charge in [0, 0.05) is 19.1 Å². The predicted octanol–water partition coefficient (Wildman–Crippen LogP) is 2.74. The standard InChI is InChI=1S/C14H23N3/c1-12(15-2)14-8-7-13(11-16-14)17-9-5-3-4-6-10-17/h7-8,11-12,15H,3-6,9-10H2,1-2H3. The van der Waals surface area contributed by atoms with Crippen molar-refractivity contribution in [3.8, 4) is 0 Å². The third-order valence-electron chi connectivity index (χ3n) is 3.62. The molecule has 3 heteroatoms. The van der Waals surface area contributed by atoms with E-state index < -0.39 is 0 Å². The average molecular weight is 233 g/mol. The van der Waals surface area contributed by atoms with Crippen LogP contribution in [0.1, 0.15) is 44.3 Å². The lowest BCUT2D eigenvalue weighted by Gasteiger charge is -2.22. The molecule has 0 aromatic carbocycles. The fourth-order valence-corrected chi connectivity index (χ4v) is 2.32. The Bertz CT molecular complexity index is 326. The number of anilines is 1. The van der Waals surface area contributed by atoms with Crippen molar-refractivity contribution in [2.75, 3.05) is 25.0 Å². The van der Waals surface area contributed by atoms with Gasteiger partial charge in [-0.1, -0.05) is 12.8 Å². The minimum atomic E-state index is 0.327. The number of pyridine rings is 1. The zero-order valence-corrected chi connectivity index (χ0v) is 10.9. The maximum absolute atomic E-state index is 4.55. The second-order valence-electron chi connectivity index (χ2n) is 4.85. The summed E-state index contributed by atoms with van der Waals surface area (Å²) in [7, 11) is 1.97. The van der Waals surface area contributed by atoms with Gasteiger partial charge in [-0.15, -0.1) is 0 Å². The lowest BCUT2D eigenvalue weighted by atomic mass is 10.2. The molecule has 1 saturated heterocycles. The van der Waals surface area contributed by atoms with Gasteiger partial charge in [-0.25, -0.2) is 0 Å². The van der Waals surface area contributed by atoms with Crippen LogP contribution in [-0.4, -0.2) is 25.1 Å². The van der Waals surface area contributed by atoms with Gasteiger partial charge < -0.3 is 10.2 Å². The molecule has 1 fully saturated rings. The van der Waals surface area contributed by atoms with Gasteiger partial charge >= 0.3 is 0 Å². The molecule has 94 valence electrons. The highest BCUT2D eigenvalue weighted by molar-refractivity contribution is 5.44. The normalized spacial score (nSPS) is 18.8. The van der Waals surface area contributed by atoms with Crippen LogP contribution < -0.4 is 10.2 Å². The monoisotopic (exact) mass is 233 g/mol. The van der Waals surface area contributed by atoms with Gasteiger partial charge in [0.2, 0.25) is 0 Å². The highest BCUT2D eigenvalue weighted by atomic mass is 15.1. The van der Waals surface area contributed by atoms with Gasteiger partial charge in [-0.05, 0) is 38.9 Å². The molecule has 0 saturated carbocycles. The molecule has 2 rings (SSSR count). The highest BCUT2D eigenvalue weighted by Crippen LogP contribution is 2.20. The minimum absolute atomic E-state index is 0.327. The van der Waals surface area contributed by atoms with Gasteiger partial charge in [0.15, 0.2) is 0 Å². The summed E-state index contributed by atoms with van der Waals surface area (Å²) in [6, 6.07) is 4.68. The molecule has 0 spiro atoms. The van der Waals surface area contributed by atoms with Crippen molar-refractivity contribution in [3.63, 3.8) is 0 Å². The Kier molecular flexibility index (Phi) is 4.37. The summed E-state index contributed by atoms with van der Waals surface area (Å²) in [5.74, 6) is 0. The molecule has 3 nitrogen and oxygen atoms in total. The number of rotatable bonds is 3. The van der Waals surface area contributed by atoms with E-state index in [-0.39, 0.29) is 0 Å². The van der Waals surface area contributed by atoms with E-state index in [1.54, 1.807) is 0 Å². The SMILES string of the molecule is CNC(C)c1ccc(N2CCCCCC2)cn1. The molecular weight excluding hydrogens is 210 g/mol. The Balaban J connectivity index is 2.05. The molecule has 0 amide bonds. The van der Waals surface area contributed by atoms with Crippen LogP contribution in [-0.2, 0) is 0 Å². The molecule has 17 heavy (non-hydrogen) atoms. The van der Waals surface area contributed by atoms with E-state index in [9.17, 15) is 0 Å². The third kappa shape index (κ3) is 3.19. The minimum Gasteiger partial charge on any atom is -0.370 e. The van der Waals surface area contributed by atoms with Crippen LogP contribution in [0.25, 0.3) is 0 Å². The number of nitrogens with zero attached hydrogens (tertiary/aromatic N) is 2. The molecule has 1 atom stereocenters. The van der Waals surface area contributed by atoms with Crippen LogP contribution in [0.3, 0.4) is 0 Å². The first-order valence-corrected chi connectivity index (χ1v) is 6.69. The number of nitrogens with one attached hydrogen (secondary N) is 1. The molecule has 1 unspecified atom stereocenters. The van der Waals surface area contributed by atoms with Gasteiger partial charge in [-0.2, -0.15) is 0 Å². The summed E-state index contributed by atoms with van der Waals surface area (Å²) in [4.78, 5) is 7.02. The molecule has 1 aliphatic rings. The third-order valence-corrected chi connectivity index (χ3v) is 3.62. The van der Waals surface area contributed by atoms with E-state index in [1.807, 2.05) is 13.2 Å². The van der Waals surface area contributed by atoms with Crippen molar-refractivity contribution in [2.45, 2.75) is 38.6 Å². The second-order valence-corrected chi connectivity index (χ2v) is 4.85. The molecule has 1 aromatic heterocycles. The van der Waals surface area contributed by atoms with Crippen molar-refractivity contribution in [1.82, 2.24) is 10.3 Å². The van der Waals surface area contributed by atoms with E-state index in [0.29, 0.717) is 6.04 Å². The first-order chi connectivity index (χ1) is 8.31. The van der Waals surface area contributed by atoms with Crippen LogP contribution in [0.5, 0.6) is 0 Å². The Morgan fingerprint density at radius 3 is 2.41 bits per heavy atom. The van der Waals surface area contributed by atoms with Crippen molar-refractivity contribution >= 4 is 5.69 Å². The number of hydrogen-bond donors (Lipinski definition) is 1. The van der Waals surface area contributed by atoms with Crippen molar-refractivity contribution < 1.29 is 0 Å². The number of hydrogen-bond acceptors (Lipinski definition) is 3. The van der Waals surface area contributed by atoms with Gasteiger partial charge in [-0.3, -0.25) is 4.98 Å². The van der Waals surface area contributed by atoms with Gasteiger partial charge in [0.05, 0.1) is 17.6 Å². The summed E-state index contributed by atoms with van der Waals surface area (Å²) in [5, 5.41) is 3.21. The molecule has 2 heterocycles. The Morgan fingerprint density at radius 2 is 1.88 bits per heavy atom. The molecule has 1 aromatic rings. The first kappa shape index (κ1) is 12.4. The van der Waals surface area contributed by atoms with E-state index in [2.05, 4.69) is 34.3 Å². The Morgan fingerprint density at radius 1 is 1.18 bits per heavy atom. The molecule has 0 radical (unpaired) electrons. The molecule has 1 aliphatic heterocycles. The lowest BCUT2D eigenvalue weighted by molar-refractivity contribution is 0.632. The highest BCUT2D eigenvalue weighted by Gasteiger charge is 2.11. The van der Waals surface area contributed by atoms with E-state index in [0.717, 1.165) is 5.69 Å². The molecule has 1 N–H and O–H groups in total. The predicted molar refractivity (Wildman–Crippen MR) is 72.4 cm³/mol.